The van der Waals surface area contributed by atoms with Gasteiger partial charge in [-0.1, -0.05) is 35.9 Å². The van der Waals surface area contributed by atoms with E-state index in [1.807, 2.05) is 24.3 Å². The maximum Gasteiger partial charge on any atom is 0.0438 e. The van der Waals surface area contributed by atoms with Crippen LogP contribution in [-0.4, -0.2) is 6.04 Å². The van der Waals surface area contributed by atoms with Crippen molar-refractivity contribution in [2.45, 2.75) is 18.9 Å². The first-order valence-corrected chi connectivity index (χ1v) is 6.53. The summed E-state index contributed by atoms with van der Waals surface area (Å²) in [6, 6.07) is 12.2. The lowest BCUT2D eigenvalue weighted by Gasteiger charge is -2.11. The number of hydrogen-bond donors (Lipinski definition) is 1. The van der Waals surface area contributed by atoms with Crippen molar-refractivity contribution in [3.8, 4) is 0 Å². The van der Waals surface area contributed by atoms with Crippen LogP contribution in [0.25, 0.3) is 0 Å². The molecule has 2 rings (SSSR count). The van der Waals surface area contributed by atoms with Crippen LogP contribution < -0.4 is 5.73 Å². The highest BCUT2D eigenvalue weighted by molar-refractivity contribution is 7.09. The van der Waals surface area contributed by atoms with Crippen molar-refractivity contribution >= 4 is 22.9 Å². The maximum atomic E-state index is 6.11. The summed E-state index contributed by atoms with van der Waals surface area (Å²) in [5.74, 6) is 0. The topological polar surface area (TPSA) is 26.0 Å². The molecule has 0 aliphatic heterocycles. The van der Waals surface area contributed by atoms with E-state index in [9.17, 15) is 0 Å². The first-order chi connectivity index (χ1) is 7.75. The van der Waals surface area contributed by atoms with E-state index >= 15 is 0 Å². The van der Waals surface area contributed by atoms with Gasteiger partial charge in [0.25, 0.3) is 0 Å². The highest BCUT2D eigenvalue weighted by atomic mass is 35.5. The van der Waals surface area contributed by atoms with Crippen LogP contribution in [0.3, 0.4) is 0 Å². The fourth-order valence-electron chi connectivity index (χ4n) is 1.71. The van der Waals surface area contributed by atoms with Gasteiger partial charge in [-0.25, -0.2) is 0 Å². The fraction of sp³-hybridized carbons (Fsp3) is 0.231. The van der Waals surface area contributed by atoms with Crippen LogP contribution in [0.15, 0.2) is 41.8 Å². The molecule has 1 unspecified atom stereocenters. The lowest BCUT2D eigenvalue weighted by atomic mass is 10.0. The summed E-state index contributed by atoms with van der Waals surface area (Å²) in [6.07, 6.45) is 1.75. The van der Waals surface area contributed by atoms with Crippen molar-refractivity contribution in [1.82, 2.24) is 0 Å². The van der Waals surface area contributed by atoms with Gasteiger partial charge in [-0.2, -0.15) is 0 Å². The average Bonchev–Trinajstić information content (AvgIpc) is 2.74. The molecule has 2 N–H and O–H groups in total. The van der Waals surface area contributed by atoms with Crippen molar-refractivity contribution < 1.29 is 0 Å². The Morgan fingerprint density at radius 3 is 2.62 bits per heavy atom. The number of hydrogen-bond acceptors (Lipinski definition) is 2. The number of halogens is 1. The zero-order valence-electron chi connectivity index (χ0n) is 8.90. The molecule has 84 valence electrons. The Hall–Kier alpha value is -0.830. The molecule has 1 nitrogen and oxygen atoms in total. The molecule has 0 aliphatic carbocycles. The number of benzene rings is 1. The predicted octanol–water partition coefficient (Wildman–Crippen LogP) is 3.51. The van der Waals surface area contributed by atoms with E-state index in [0.29, 0.717) is 0 Å². The predicted molar refractivity (Wildman–Crippen MR) is 71.2 cm³/mol. The highest BCUT2D eigenvalue weighted by Gasteiger charge is 2.08. The molecular formula is C13H14ClNS. The first kappa shape index (κ1) is 11.6. The van der Waals surface area contributed by atoms with Crippen molar-refractivity contribution in [3.63, 3.8) is 0 Å². The second-order valence-electron chi connectivity index (χ2n) is 3.84. The number of nitrogens with two attached hydrogens (primary N) is 1. The van der Waals surface area contributed by atoms with Crippen LogP contribution in [0, 0.1) is 0 Å². The molecule has 1 aromatic heterocycles. The van der Waals surface area contributed by atoms with E-state index in [1.54, 1.807) is 11.3 Å². The van der Waals surface area contributed by atoms with Crippen LogP contribution >= 0.6 is 22.9 Å². The Morgan fingerprint density at radius 1 is 1.12 bits per heavy atom. The highest BCUT2D eigenvalue weighted by Crippen LogP contribution is 2.18. The number of thiophene rings is 1. The quantitative estimate of drug-likeness (QED) is 0.884. The summed E-state index contributed by atoms with van der Waals surface area (Å²) < 4.78 is 0. The lowest BCUT2D eigenvalue weighted by Crippen LogP contribution is -2.25. The standard InChI is InChI=1S/C13H14ClNS/c14-13-6-2-1-4-10(13)8-11(15)9-12-5-3-7-16-12/h1-7,11H,8-9,15H2. The zero-order chi connectivity index (χ0) is 11.4. The van der Waals surface area contributed by atoms with Gasteiger partial charge < -0.3 is 5.73 Å². The number of rotatable bonds is 4. The average molecular weight is 252 g/mol. The smallest absolute Gasteiger partial charge is 0.0438 e. The Morgan fingerprint density at radius 2 is 1.94 bits per heavy atom. The van der Waals surface area contributed by atoms with E-state index in [1.165, 1.54) is 4.88 Å². The molecule has 2 aromatic rings. The molecule has 0 amide bonds. The van der Waals surface area contributed by atoms with Crippen molar-refractivity contribution in [2.24, 2.45) is 5.73 Å². The van der Waals surface area contributed by atoms with Gasteiger partial charge in [-0.05, 0) is 35.9 Å². The van der Waals surface area contributed by atoms with Gasteiger partial charge >= 0.3 is 0 Å². The summed E-state index contributed by atoms with van der Waals surface area (Å²) in [4.78, 5) is 1.33. The van der Waals surface area contributed by atoms with E-state index in [-0.39, 0.29) is 6.04 Å². The van der Waals surface area contributed by atoms with Crippen molar-refractivity contribution in [3.05, 3.63) is 57.2 Å². The van der Waals surface area contributed by atoms with Crippen molar-refractivity contribution in [2.75, 3.05) is 0 Å². The molecule has 1 atom stereocenters. The minimum atomic E-state index is 0.138. The Balaban J connectivity index is 1.97. The Kier molecular flexibility index (Phi) is 3.99. The molecule has 0 bridgehead atoms. The van der Waals surface area contributed by atoms with Crippen LogP contribution in [0.1, 0.15) is 10.4 Å². The van der Waals surface area contributed by atoms with Crippen LogP contribution in [-0.2, 0) is 12.8 Å². The van der Waals surface area contributed by atoms with Crippen molar-refractivity contribution in [1.29, 1.82) is 0 Å². The molecule has 0 aliphatic rings. The van der Waals surface area contributed by atoms with Gasteiger partial charge in [-0.15, -0.1) is 11.3 Å². The molecule has 1 aromatic carbocycles. The van der Waals surface area contributed by atoms with Crippen LogP contribution in [0.2, 0.25) is 5.02 Å². The molecule has 0 saturated heterocycles. The Labute approximate surface area is 105 Å². The second kappa shape index (κ2) is 5.48. The van der Waals surface area contributed by atoms with E-state index in [2.05, 4.69) is 17.5 Å². The van der Waals surface area contributed by atoms with Gasteiger partial charge in [0.2, 0.25) is 0 Å². The summed E-state index contributed by atoms with van der Waals surface area (Å²) >= 11 is 7.85. The third kappa shape index (κ3) is 3.08. The molecule has 16 heavy (non-hydrogen) atoms. The molecule has 0 saturated carbocycles. The molecule has 0 spiro atoms. The van der Waals surface area contributed by atoms with Gasteiger partial charge in [0.1, 0.15) is 0 Å². The minimum absolute atomic E-state index is 0.138. The van der Waals surface area contributed by atoms with E-state index in [4.69, 9.17) is 17.3 Å². The molecular weight excluding hydrogens is 238 g/mol. The summed E-state index contributed by atoms with van der Waals surface area (Å²) in [7, 11) is 0. The maximum absolute atomic E-state index is 6.11. The SMILES string of the molecule is NC(Cc1cccs1)Cc1ccccc1Cl. The summed E-state index contributed by atoms with van der Waals surface area (Å²) in [6.45, 7) is 0. The normalized spacial score (nSPS) is 12.6. The lowest BCUT2D eigenvalue weighted by molar-refractivity contribution is 0.671. The molecule has 0 radical (unpaired) electrons. The van der Waals surface area contributed by atoms with Crippen LogP contribution in [0.5, 0.6) is 0 Å². The summed E-state index contributed by atoms with van der Waals surface area (Å²) in [5, 5.41) is 2.89. The fourth-order valence-corrected chi connectivity index (χ4v) is 2.72. The van der Waals surface area contributed by atoms with Gasteiger partial charge in [0, 0.05) is 15.9 Å². The molecule has 0 fully saturated rings. The first-order valence-electron chi connectivity index (χ1n) is 5.27. The van der Waals surface area contributed by atoms with Gasteiger partial charge in [0.15, 0.2) is 0 Å². The molecule has 1 heterocycles. The third-order valence-corrected chi connectivity index (χ3v) is 3.75. The minimum Gasteiger partial charge on any atom is -0.327 e. The zero-order valence-corrected chi connectivity index (χ0v) is 10.5. The van der Waals surface area contributed by atoms with Gasteiger partial charge in [0.05, 0.1) is 0 Å². The third-order valence-electron chi connectivity index (χ3n) is 2.48. The largest absolute Gasteiger partial charge is 0.327 e. The second-order valence-corrected chi connectivity index (χ2v) is 5.28. The summed E-state index contributed by atoms with van der Waals surface area (Å²) in [5.41, 5.74) is 7.25. The van der Waals surface area contributed by atoms with E-state index in [0.717, 1.165) is 23.4 Å². The van der Waals surface area contributed by atoms with Gasteiger partial charge in [-0.3, -0.25) is 0 Å². The molecule has 3 heteroatoms. The monoisotopic (exact) mass is 251 g/mol. The van der Waals surface area contributed by atoms with E-state index < -0.39 is 0 Å². The van der Waals surface area contributed by atoms with Crippen LogP contribution in [0.4, 0.5) is 0 Å². The Bertz CT molecular complexity index is 439.